The molecule has 112 valence electrons. The van der Waals surface area contributed by atoms with Gasteiger partial charge in [0.15, 0.2) is 14.6 Å². The van der Waals surface area contributed by atoms with Crippen LogP contribution in [-0.2, 0) is 16.4 Å². The van der Waals surface area contributed by atoms with Gasteiger partial charge in [-0.3, -0.25) is 0 Å². The Hall–Kier alpha value is -1.40. The number of allylic oxidation sites excluding steroid dienone is 2. The van der Waals surface area contributed by atoms with E-state index in [0.29, 0.717) is 21.1 Å². The van der Waals surface area contributed by atoms with Crippen molar-refractivity contribution in [1.29, 1.82) is 0 Å². The van der Waals surface area contributed by atoms with Crippen LogP contribution in [-0.4, -0.2) is 24.2 Å². The molecule has 6 heteroatoms. The maximum absolute atomic E-state index is 11.9. The van der Waals surface area contributed by atoms with Gasteiger partial charge >= 0.3 is 0 Å². The van der Waals surface area contributed by atoms with Crippen molar-refractivity contribution in [3.63, 3.8) is 0 Å². The van der Waals surface area contributed by atoms with Crippen molar-refractivity contribution in [3.8, 4) is 0 Å². The Morgan fingerprint density at radius 2 is 2.19 bits per heavy atom. The largest absolute Gasteiger partial charge is 0.329 e. The number of hydrogen-bond acceptors (Lipinski definition) is 3. The van der Waals surface area contributed by atoms with Gasteiger partial charge in [-0.25, -0.2) is 8.42 Å². The molecule has 1 unspecified atom stereocenters. The van der Waals surface area contributed by atoms with Crippen LogP contribution in [0.15, 0.2) is 35.2 Å². The lowest BCUT2D eigenvalue weighted by Crippen LogP contribution is -2.12. The highest BCUT2D eigenvalue weighted by atomic mass is 32.2. The number of nitrogens with one attached hydrogen (secondary N) is 1. The summed E-state index contributed by atoms with van der Waals surface area (Å²) in [4.78, 5) is 3.39. The van der Waals surface area contributed by atoms with Crippen molar-refractivity contribution >= 4 is 33.1 Å². The first-order chi connectivity index (χ1) is 9.97. The Kier molecular flexibility index (Phi) is 3.75. The van der Waals surface area contributed by atoms with E-state index in [0.717, 1.165) is 31.3 Å². The molecule has 0 aliphatic heterocycles. The van der Waals surface area contributed by atoms with Crippen molar-refractivity contribution in [2.45, 2.75) is 30.7 Å². The predicted octanol–water partition coefficient (Wildman–Crippen LogP) is 3.46. The average molecular weight is 322 g/mol. The highest BCUT2D eigenvalue weighted by Gasteiger charge is 2.17. The summed E-state index contributed by atoms with van der Waals surface area (Å²) in [6, 6.07) is 5.32. The molecular formula is C15H18N2O2S2. The summed E-state index contributed by atoms with van der Waals surface area (Å²) in [5.41, 5.74) is 1.49. The van der Waals surface area contributed by atoms with Crippen LogP contribution in [0.25, 0.3) is 11.0 Å². The molecule has 1 N–H and O–H groups in total. The van der Waals surface area contributed by atoms with E-state index in [1.807, 2.05) is 10.6 Å². The van der Waals surface area contributed by atoms with Crippen LogP contribution in [0, 0.1) is 10.7 Å². The number of sulfone groups is 1. The molecule has 0 amide bonds. The molecule has 0 saturated heterocycles. The molecule has 0 radical (unpaired) electrons. The third kappa shape index (κ3) is 2.82. The van der Waals surface area contributed by atoms with Gasteiger partial charge in [0.05, 0.1) is 15.9 Å². The number of rotatable bonds is 3. The normalized spacial score (nSPS) is 19.2. The van der Waals surface area contributed by atoms with E-state index in [2.05, 4.69) is 17.1 Å². The quantitative estimate of drug-likeness (QED) is 0.695. The van der Waals surface area contributed by atoms with Crippen molar-refractivity contribution in [2.24, 2.45) is 5.92 Å². The van der Waals surface area contributed by atoms with Crippen molar-refractivity contribution < 1.29 is 8.42 Å². The smallest absolute Gasteiger partial charge is 0.178 e. The molecule has 3 rings (SSSR count). The highest BCUT2D eigenvalue weighted by molar-refractivity contribution is 7.91. The Bertz CT molecular complexity index is 859. The minimum atomic E-state index is -3.27. The second-order valence-corrected chi connectivity index (χ2v) is 7.98. The van der Waals surface area contributed by atoms with Gasteiger partial charge in [-0.2, -0.15) is 0 Å². The predicted molar refractivity (Wildman–Crippen MR) is 86.7 cm³/mol. The second-order valence-electron chi connectivity index (χ2n) is 5.61. The van der Waals surface area contributed by atoms with Gasteiger partial charge in [0.1, 0.15) is 0 Å². The fourth-order valence-electron chi connectivity index (χ4n) is 2.92. The minimum Gasteiger partial charge on any atom is -0.329 e. The Morgan fingerprint density at radius 1 is 1.38 bits per heavy atom. The summed E-state index contributed by atoms with van der Waals surface area (Å²) < 4.78 is 26.4. The molecule has 1 aliphatic carbocycles. The number of imidazole rings is 1. The summed E-state index contributed by atoms with van der Waals surface area (Å²) in [6.07, 6.45) is 8.97. The molecule has 1 aromatic heterocycles. The summed E-state index contributed by atoms with van der Waals surface area (Å²) in [5, 5.41) is 0. The zero-order valence-electron chi connectivity index (χ0n) is 11.9. The van der Waals surface area contributed by atoms with Crippen molar-refractivity contribution in [1.82, 2.24) is 9.55 Å². The third-order valence-corrected chi connectivity index (χ3v) is 5.45. The first-order valence-electron chi connectivity index (χ1n) is 7.03. The zero-order chi connectivity index (χ0) is 15.0. The van der Waals surface area contributed by atoms with Gasteiger partial charge in [-0.05, 0) is 49.5 Å². The Balaban J connectivity index is 2.10. The average Bonchev–Trinajstić information content (AvgIpc) is 2.75. The molecule has 0 spiro atoms. The highest BCUT2D eigenvalue weighted by Crippen LogP contribution is 2.26. The molecule has 1 heterocycles. The van der Waals surface area contributed by atoms with Gasteiger partial charge in [0, 0.05) is 12.8 Å². The molecule has 1 aromatic carbocycles. The number of nitrogens with zero attached hydrogens (tertiary/aromatic N) is 1. The van der Waals surface area contributed by atoms with E-state index in [4.69, 9.17) is 12.2 Å². The molecule has 0 fully saturated rings. The fraction of sp³-hybridized carbons (Fsp3) is 0.400. The van der Waals surface area contributed by atoms with Gasteiger partial charge in [0.25, 0.3) is 0 Å². The number of benzene rings is 1. The Labute approximate surface area is 129 Å². The SMILES string of the molecule is CS(=O)(=O)c1cccc2c1[nH]c(=S)n2CC1CC=CCC1. The monoisotopic (exact) mass is 322 g/mol. The lowest BCUT2D eigenvalue weighted by Gasteiger charge is -2.18. The minimum absolute atomic E-state index is 0.313. The van der Waals surface area contributed by atoms with Gasteiger partial charge in [-0.15, -0.1) is 0 Å². The summed E-state index contributed by atoms with van der Waals surface area (Å²) in [5.74, 6) is 0.558. The molecule has 21 heavy (non-hydrogen) atoms. The van der Waals surface area contributed by atoms with Crippen LogP contribution in [0.5, 0.6) is 0 Å². The standard InChI is InChI=1S/C15H18N2O2S2/c1-21(18,19)13-9-5-8-12-14(13)16-15(20)17(12)10-11-6-3-2-4-7-11/h2-3,5,8-9,11H,4,6-7,10H2,1H3,(H,16,20). The van der Waals surface area contributed by atoms with Gasteiger partial charge < -0.3 is 9.55 Å². The van der Waals surface area contributed by atoms with Crippen LogP contribution >= 0.6 is 12.2 Å². The first kappa shape index (κ1) is 14.5. The maximum atomic E-state index is 11.9. The van der Waals surface area contributed by atoms with Crippen LogP contribution in [0.2, 0.25) is 0 Å². The summed E-state index contributed by atoms with van der Waals surface area (Å²) >= 11 is 5.40. The zero-order valence-corrected chi connectivity index (χ0v) is 13.5. The van der Waals surface area contributed by atoms with Gasteiger partial charge in [0.2, 0.25) is 0 Å². The molecular weight excluding hydrogens is 304 g/mol. The number of hydrogen-bond donors (Lipinski definition) is 1. The topological polar surface area (TPSA) is 54.9 Å². The van der Waals surface area contributed by atoms with E-state index in [1.54, 1.807) is 12.1 Å². The maximum Gasteiger partial charge on any atom is 0.178 e. The lowest BCUT2D eigenvalue weighted by molar-refractivity contribution is 0.413. The second kappa shape index (κ2) is 5.42. The number of fused-ring (bicyclic) bond motifs is 1. The summed E-state index contributed by atoms with van der Waals surface area (Å²) in [6.45, 7) is 0.830. The third-order valence-electron chi connectivity index (χ3n) is 3.99. The molecule has 2 aromatic rings. The fourth-order valence-corrected chi connectivity index (χ4v) is 4.05. The lowest BCUT2D eigenvalue weighted by atomic mass is 9.94. The van der Waals surface area contributed by atoms with E-state index >= 15 is 0 Å². The van der Waals surface area contributed by atoms with Gasteiger partial charge in [-0.1, -0.05) is 18.2 Å². The van der Waals surface area contributed by atoms with Crippen LogP contribution in [0.3, 0.4) is 0 Å². The Morgan fingerprint density at radius 3 is 2.86 bits per heavy atom. The number of H-pyrrole nitrogens is 1. The van der Waals surface area contributed by atoms with E-state index in [1.165, 1.54) is 6.26 Å². The summed E-state index contributed by atoms with van der Waals surface area (Å²) in [7, 11) is -3.27. The van der Waals surface area contributed by atoms with Crippen molar-refractivity contribution in [3.05, 3.63) is 35.1 Å². The molecule has 0 saturated carbocycles. The van der Waals surface area contributed by atoms with E-state index < -0.39 is 9.84 Å². The van der Waals surface area contributed by atoms with Crippen LogP contribution < -0.4 is 0 Å². The van der Waals surface area contributed by atoms with Crippen LogP contribution in [0.1, 0.15) is 19.3 Å². The molecule has 0 bridgehead atoms. The first-order valence-corrected chi connectivity index (χ1v) is 9.33. The van der Waals surface area contributed by atoms with E-state index in [-0.39, 0.29) is 0 Å². The van der Waals surface area contributed by atoms with E-state index in [9.17, 15) is 8.42 Å². The molecule has 4 nitrogen and oxygen atoms in total. The number of aromatic amines is 1. The number of para-hydroxylation sites is 1. The van der Waals surface area contributed by atoms with Crippen LogP contribution in [0.4, 0.5) is 0 Å². The molecule has 1 aliphatic rings. The van der Waals surface area contributed by atoms with Crippen molar-refractivity contribution in [2.75, 3.05) is 6.26 Å². The number of aromatic nitrogens is 2. The molecule has 1 atom stereocenters.